The van der Waals surface area contributed by atoms with Crippen molar-refractivity contribution in [3.63, 3.8) is 0 Å². The number of nitrogens with one attached hydrogen (secondary N) is 1. The van der Waals surface area contributed by atoms with Crippen LogP contribution < -0.4 is 5.32 Å². The molecule has 0 aliphatic carbocycles. The first-order chi connectivity index (χ1) is 7.20. The lowest BCUT2D eigenvalue weighted by molar-refractivity contribution is 0.446. The number of thiazole rings is 1. The summed E-state index contributed by atoms with van der Waals surface area (Å²) in [5, 5.41) is 4.68. The van der Waals surface area contributed by atoms with Gasteiger partial charge in [0.15, 0.2) is 0 Å². The fourth-order valence-electron chi connectivity index (χ4n) is 1.86. The number of aryl methyl sites for hydroxylation is 1. The predicted octanol–water partition coefficient (Wildman–Crippen LogP) is 2.59. The molecule has 0 atom stereocenters. The van der Waals surface area contributed by atoms with Gasteiger partial charge < -0.3 is 5.32 Å². The highest BCUT2D eigenvalue weighted by Crippen LogP contribution is 2.29. The smallest absolute Gasteiger partial charge is 0.0987 e. The molecule has 1 aromatic heterocycles. The van der Waals surface area contributed by atoms with Crippen molar-refractivity contribution in [2.45, 2.75) is 39.5 Å². The second-order valence-corrected chi connectivity index (χ2v) is 5.84. The van der Waals surface area contributed by atoms with Gasteiger partial charge >= 0.3 is 0 Å². The van der Waals surface area contributed by atoms with Crippen molar-refractivity contribution in [3.05, 3.63) is 15.6 Å². The molecule has 0 radical (unpaired) electrons. The minimum absolute atomic E-state index is 0.696. The number of aromatic nitrogens is 1. The van der Waals surface area contributed by atoms with E-state index < -0.39 is 0 Å². The van der Waals surface area contributed by atoms with Crippen LogP contribution in [0.3, 0.4) is 0 Å². The average molecular weight is 224 g/mol. The maximum atomic E-state index is 4.82. The van der Waals surface area contributed by atoms with Gasteiger partial charge in [0.2, 0.25) is 0 Å². The van der Waals surface area contributed by atoms with Gasteiger partial charge in [-0.2, -0.15) is 0 Å². The second-order valence-electron chi connectivity index (χ2n) is 4.73. The predicted molar refractivity (Wildman–Crippen MR) is 65.6 cm³/mol. The number of hydrogen-bond donors (Lipinski definition) is 1. The summed E-state index contributed by atoms with van der Waals surface area (Å²) in [6.45, 7) is 9.02. The van der Waals surface area contributed by atoms with Gasteiger partial charge in [-0.3, -0.25) is 0 Å². The zero-order valence-corrected chi connectivity index (χ0v) is 10.7. The Labute approximate surface area is 96.1 Å². The van der Waals surface area contributed by atoms with Gasteiger partial charge in [0.1, 0.15) is 0 Å². The molecule has 2 rings (SSSR count). The Morgan fingerprint density at radius 1 is 1.47 bits per heavy atom. The topological polar surface area (TPSA) is 24.9 Å². The van der Waals surface area contributed by atoms with Crippen molar-refractivity contribution in [1.82, 2.24) is 10.3 Å². The van der Waals surface area contributed by atoms with E-state index in [2.05, 4.69) is 26.1 Å². The standard InChI is InChI=1S/C12H20N2S/c1-4-11-10(5-8(2)3)14-12(15-11)9-6-13-7-9/h8-9,13H,4-7H2,1-3H3. The second kappa shape index (κ2) is 4.62. The maximum absolute atomic E-state index is 4.82. The molecule has 1 aliphatic rings. The summed E-state index contributed by atoms with van der Waals surface area (Å²) in [5.74, 6) is 1.41. The normalized spacial score (nSPS) is 17.1. The van der Waals surface area contributed by atoms with Crippen LogP contribution in [0, 0.1) is 5.92 Å². The Bertz CT molecular complexity index is 326. The summed E-state index contributed by atoms with van der Waals surface area (Å²) < 4.78 is 0. The first-order valence-corrected chi connectivity index (χ1v) is 6.71. The van der Waals surface area contributed by atoms with Crippen molar-refractivity contribution in [3.8, 4) is 0 Å². The van der Waals surface area contributed by atoms with Crippen molar-refractivity contribution in [2.24, 2.45) is 5.92 Å². The SMILES string of the molecule is CCc1sc(C2CNC2)nc1CC(C)C. The maximum Gasteiger partial charge on any atom is 0.0987 e. The van der Waals surface area contributed by atoms with E-state index in [1.165, 1.54) is 15.6 Å². The van der Waals surface area contributed by atoms with Gasteiger partial charge in [-0.25, -0.2) is 4.98 Å². The fourth-order valence-corrected chi connectivity index (χ4v) is 3.00. The molecule has 1 N–H and O–H groups in total. The van der Waals surface area contributed by atoms with E-state index in [0.29, 0.717) is 11.8 Å². The van der Waals surface area contributed by atoms with Crippen LogP contribution in [0.15, 0.2) is 0 Å². The van der Waals surface area contributed by atoms with Crippen LogP contribution in [0.4, 0.5) is 0 Å². The summed E-state index contributed by atoms with van der Waals surface area (Å²) in [7, 11) is 0. The van der Waals surface area contributed by atoms with Crippen LogP contribution in [-0.4, -0.2) is 18.1 Å². The van der Waals surface area contributed by atoms with E-state index in [4.69, 9.17) is 4.98 Å². The molecule has 0 bridgehead atoms. The Balaban J connectivity index is 2.16. The highest BCUT2D eigenvalue weighted by molar-refractivity contribution is 7.11. The first kappa shape index (κ1) is 11.1. The van der Waals surface area contributed by atoms with Crippen molar-refractivity contribution >= 4 is 11.3 Å². The first-order valence-electron chi connectivity index (χ1n) is 5.89. The quantitative estimate of drug-likeness (QED) is 0.850. The lowest BCUT2D eigenvalue weighted by Gasteiger charge is -2.24. The van der Waals surface area contributed by atoms with Crippen LogP contribution in [0.2, 0.25) is 0 Å². The molecule has 15 heavy (non-hydrogen) atoms. The molecule has 1 aliphatic heterocycles. The molecular formula is C12H20N2S. The van der Waals surface area contributed by atoms with Crippen molar-refractivity contribution < 1.29 is 0 Å². The van der Waals surface area contributed by atoms with E-state index in [0.717, 1.165) is 25.9 Å². The molecule has 0 saturated carbocycles. The fraction of sp³-hybridized carbons (Fsp3) is 0.750. The number of nitrogens with zero attached hydrogens (tertiary/aromatic N) is 1. The van der Waals surface area contributed by atoms with Gasteiger partial charge in [-0.1, -0.05) is 20.8 Å². The number of rotatable bonds is 4. The minimum Gasteiger partial charge on any atom is -0.315 e. The molecule has 84 valence electrons. The molecule has 1 saturated heterocycles. The largest absolute Gasteiger partial charge is 0.315 e. The van der Waals surface area contributed by atoms with E-state index in [-0.39, 0.29) is 0 Å². The van der Waals surface area contributed by atoms with E-state index in [9.17, 15) is 0 Å². The van der Waals surface area contributed by atoms with Gasteiger partial charge in [0.25, 0.3) is 0 Å². The lowest BCUT2D eigenvalue weighted by Crippen LogP contribution is -2.39. The molecular weight excluding hydrogens is 204 g/mol. The average Bonchev–Trinajstić information content (AvgIpc) is 2.43. The van der Waals surface area contributed by atoms with Gasteiger partial charge in [0.05, 0.1) is 10.7 Å². The van der Waals surface area contributed by atoms with Gasteiger partial charge in [-0.15, -0.1) is 11.3 Å². The molecule has 1 fully saturated rings. The Hall–Kier alpha value is -0.410. The highest BCUT2D eigenvalue weighted by atomic mass is 32.1. The zero-order chi connectivity index (χ0) is 10.8. The Morgan fingerprint density at radius 2 is 2.20 bits per heavy atom. The summed E-state index contributed by atoms with van der Waals surface area (Å²) in [6, 6.07) is 0. The summed E-state index contributed by atoms with van der Waals surface area (Å²) in [4.78, 5) is 6.33. The Morgan fingerprint density at radius 3 is 2.67 bits per heavy atom. The summed E-state index contributed by atoms with van der Waals surface area (Å²) in [5.41, 5.74) is 1.36. The molecule has 0 spiro atoms. The van der Waals surface area contributed by atoms with Crippen molar-refractivity contribution in [1.29, 1.82) is 0 Å². The minimum atomic E-state index is 0.696. The molecule has 0 unspecified atom stereocenters. The van der Waals surface area contributed by atoms with E-state index in [1.807, 2.05) is 11.3 Å². The summed E-state index contributed by atoms with van der Waals surface area (Å²) in [6.07, 6.45) is 2.28. The van der Waals surface area contributed by atoms with Crippen LogP contribution in [0.25, 0.3) is 0 Å². The molecule has 3 heteroatoms. The molecule has 1 aromatic rings. The van der Waals surface area contributed by atoms with E-state index >= 15 is 0 Å². The lowest BCUT2D eigenvalue weighted by atomic mass is 10.0. The third-order valence-electron chi connectivity index (χ3n) is 2.85. The van der Waals surface area contributed by atoms with Crippen LogP contribution in [0.5, 0.6) is 0 Å². The summed E-state index contributed by atoms with van der Waals surface area (Å²) >= 11 is 1.93. The third kappa shape index (κ3) is 2.40. The highest BCUT2D eigenvalue weighted by Gasteiger charge is 2.23. The zero-order valence-electron chi connectivity index (χ0n) is 9.84. The van der Waals surface area contributed by atoms with Crippen LogP contribution in [-0.2, 0) is 12.8 Å². The molecule has 0 aromatic carbocycles. The van der Waals surface area contributed by atoms with E-state index in [1.54, 1.807) is 0 Å². The Kier molecular flexibility index (Phi) is 3.42. The molecule has 2 nitrogen and oxygen atoms in total. The van der Waals surface area contributed by atoms with Gasteiger partial charge in [-0.05, 0) is 18.8 Å². The third-order valence-corrected chi connectivity index (χ3v) is 4.25. The molecule has 2 heterocycles. The van der Waals surface area contributed by atoms with Crippen molar-refractivity contribution in [2.75, 3.05) is 13.1 Å². The number of hydrogen-bond acceptors (Lipinski definition) is 3. The van der Waals surface area contributed by atoms with Crippen LogP contribution >= 0.6 is 11.3 Å². The van der Waals surface area contributed by atoms with Gasteiger partial charge in [0, 0.05) is 23.9 Å². The van der Waals surface area contributed by atoms with Crippen LogP contribution in [0.1, 0.15) is 42.3 Å². The molecule has 0 amide bonds. The monoisotopic (exact) mass is 224 g/mol.